The van der Waals surface area contributed by atoms with Gasteiger partial charge in [0.2, 0.25) is 11.8 Å². The van der Waals surface area contributed by atoms with Gasteiger partial charge in [-0.15, -0.1) is 0 Å². The van der Waals surface area contributed by atoms with Crippen LogP contribution in [0.3, 0.4) is 0 Å². The van der Waals surface area contributed by atoms with Crippen molar-refractivity contribution in [1.82, 2.24) is 14.8 Å². The van der Waals surface area contributed by atoms with Crippen LogP contribution in [0.5, 0.6) is 0 Å². The van der Waals surface area contributed by atoms with E-state index in [-0.39, 0.29) is 23.8 Å². The van der Waals surface area contributed by atoms with Crippen LogP contribution in [0.4, 0.5) is 8.78 Å². The summed E-state index contributed by atoms with van der Waals surface area (Å²) in [6.07, 6.45) is 1.95. The topological polar surface area (TPSA) is 53.5 Å². The Balaban J connectivity index is 1.44. The van der Waals surface area contributed by atoms with Crippen LogP contribution >= 0.6 is 0 Å². The molecule has 4 rings (SSSR count). The summed E-state index contributed by atoms with van der Waals surface area (Å²) in [5, 5.41) is 0. The highest BCUT2D eigenvalue weighted by atomic mass is 19.2. The van der Waals surface area contributed by atoms with Crippen molar-refractivity contribution in [2.24, 2.45) is 5.41 Å². The smallest absolute Gasteiger partial charge is 0.231 e. The van der Waals surface area contributed by atoms with Crippen LogP contribution in [0.25, 0.3) is 0 Å². The van der Waals surface area contributed by atoms with Crippen molar-refractivity contribution in [3.8, 4) is 0 Å². The lowest BCUT2D eigenvalue weighted by atomic mass is 9.78. The number of pyridine rings is 1. The number of nitrogens with zero attached hydrogens (tertiary/aromatic N) is 3. The molecule has 0 N–H and O–H groups in total. The van der Waals surface area contributed by atoms with E-state index in [0.717, 1.165) is 30.3 Å². The van der Waals surface area contributed by atoms with Crippen molar-refractivity contribution < 1.29 is 18.4 Å². The van der Waals surface area contributed by atoms with Gasteiger partial charge in [-0.3, -0.25) is 14.6 Å². The first kappa shape index (κ1) is 20.4. The molecule has 158 valence electrons. The minimum Gasteiger partial charge on any atom is -0.341 e. The Morgan fingerprint density at radius 2 is 1.93 bits per heavy atom. The molecule has 0 aliphatic carbocycles. The van der Waals surface area contributed by atoms with E-state index in [0.29, 0.717) is 32.6 Å². The first-order chi connectivity index (χ1) is 14.4. The summed E-state index contributed by atoms with van der Waals surface area (Å²) in [5.74, 6) is -2.15. The van der Waals surface area contributed by atoms with Crippen molar-refractivity contribution in [3.63, 3.8) is 0 Å². The second kappa shape index (κ2) is 8.13. The summed E-state index contributed by atoms with van der Waals surface area (Å²) in [7, 11) is 0. The Bertz CT molecular complexity index is 981. The summed E-state index contributed by atoms with van der Waals surface area (Å²) < 4.78 is 27.4. The lowest BCUT2D eigenvalue weighted by Crippen LogP contribution is -2.50. The van der Waals surface area contributed by atoms with Crippen molar-refractivity contribution in [3.05, 3.63) is 65.0 Å². The molecule has 2 aliphatic heterocycles. The third kappa shape index (κ3) is 3.93. The van der Waals surface area contributed by atoms with Gasteiger partial charge >= 0.3 is 0 Å². The number of carbonyl (C=O) groups is 2. The number of benzene rings is 1. The minimum atomic E-state index is -0.980. The largest absolute Gasteiger partial charge is 0.341 e. The van der Waals surface area contributed by atoms with E-state index in [1.807, 2.05) is 30.0 Å². The fourth-order valence-corrected chi connectivity index (χ4v) is 4.61. The summed E-state index contributed by atoms with van der Waals surface area (Å²) in [4.78, 5) is 34.0. The van der Waals surface area contributed by atoms with Crippen LogP contribution in [0, 0.1) is 24.0 Å². The molecule has 2 saturated heterocycles. The summed E-state index contributed by atoms with van der Waals surface area (Å²) in [5.41, 5.74) is 1.22. The van der Waals surface area contributed by atoms with Crippen LogP contribution in [-0.2, 0) is 22.6 Å². The lowest BCUT2D eigenvalue weighted by Gasteiger charge is -2.39. The maximum absolute atomic E-state index is 14.0. The van der Waals surface area contributed by atoms with Gasteiger partial charge in [-0.05, 0) is 44.4 Å². The first-order valence-electron chi connectivity index (χ1n) is 10.3. The number of carbonyl (C=O) groups excluding carboxylic acids is 2. The van der Waals surface area contributed by atoms with Crippen molar-refractivity contribution >= 4 is 11.8 Å². The Kier molecular flexibility index (Phi) is 5.54. The molecule has 2 aliphatic rings. The predicted molar refractivity (Wildman–Crippen MR) is 107 cm³/mol. The Morgan fingerprint density at radius 3 is 2.73 bits per heavy atom. The SMILES string of the molecule is Cc1cccc(CN2CCC3(CCCN(C(=O)Cc4cccc(F)c4F)C3)C2=O)n1. The second-order valence-electron chi connectivity index (χ2n) is 8.34. The number of aryl methyl sites for hydroxylation is 1. The molecule has 2 fully saturated rings. The molecule has 1 unspecified atom stereocenters. The van der Waals surface area contributed by atoms with Crippen LogP contribution in [0.2, 0.25) is 0 Å². The Morgan fingerprint density at radius 1 is 1.13 bits per heavy atom. The number of hydrogen-bond acceptors (Lipinski definition) is 3. The molecule has 1 atom stereocenters. The maximum atomic E-state index is 14.0. The van der Waals surface area contributed by atoms with E-state index in [9.17, 15) is 18.4 Å². The number of piperidine rings is 1. The number of rotatable bonds is 4. The summed E-state index contributed by atoms with van der Waals surface area (Å²) in [6.45, 7) is 3.88. The van der Waals surface area contributed by atoms with E-state index in [1.165, 1.54) is 12.1 Å². The highest BCUT2D eigenvalue weighted by Crippen LogP contribution is 2.40. The van der Waals surface area contributed by atoms with E-state index in [4.69, 9.17) is 0 Å². The predicted octanol–water partition coefficient (Wildman–Crippen LogP) is 3.25. The van der Waals surface area contributed by atoms with Crippen molar-refractivity contribution in [1.29, 1.82) is 0 Å². The quantitative estimate of drug-likeness (QED) is 0.773. The number of amides is 2. The molecule has 0 bridgehead atoms. The average molecular weight is 413 g/mol. The summed E-state index contributed by atoms with van der Waals surface area (Å²) in [6, 6.07) is 9.62. The van der Waals surface area contributed by atoms with Gasteiger partial charge in [0.05, 0.1) is 24.1 Å². The molecule has 30 heavy (non-hydrogen) atoms. The summed E-state index contributed by atoms with van der Waals surface area (Å²) >= 11 is 0. The second-order valence-corrected chi connectivity index (χ2v) is 8.34. The molecule has 1 aromatic carbocycles. The van der Waals surface area contributed by atoms with Gasteiger partial charge in [0.25, 0.3) is 0 Å². The van der Waals surface area contributed by atoms with Gasteiger partial charge in [-0.25, -0.2) is 8.78 Å². The molecule has 0 saturated carbocycles. The van der Waals surface area contributed by atoms with Crippen LogP contribution in [-0.4, -0.2) is 46.2 Å². The zero-order valence-electron chi connectivity index (χ0n) is 17.0. The lowest BCUT2D eigenvalue weighted by molar-refractivity contribution is -0.143. The zero-order chi connectivity index (χ0) is 21.3. The molecule has 1 aromatic heterocycles. The average Bonchev–Trinajstić information content (AvgIpc) is 3.01. The molecule has 0 radical (unpaired) electrons. The van der Waals surface area contributed by atoms with Crippen molar-refractivity contribution in [2.45, 2.75) is 39.2 Å². The molecule has 7 heteroatoms. The molecular formula is C23H25F2N3O2. The number of aromatic nitrogens is 1. The standard InChI is InChI=1S/C23H25F2N3O2/c1-16-5-2-7-18(26-16)14-27-12-10-23(22(27)30)9-4-11-28(15-23)20(29)13-17-6-3-8-19(24)21(17)25/h2-3,5-8H,4,9-15H2,1H3. The Hall–Kier alpha value is -2.83. The third-order valence-corrected chi connectivity index (χ3v) is 6.20. The van der Waals surface area contributed by atoms with E-state index in [1.54, 1.807) is 4.90 Å². The van der Waals surface area contributed by atoms with E-state index >= 15 is 0 Å². The zero-order valence-corrected chi connectivity index (χ0v) is 17.0. The number of likely N-dealkylation sites (tertiary alicyclic amines) is 2. The highest BCUT2D eigenvalue weighted by Gasteiger charge is 2.49. The minimum absolute atomic E-state index is 0.0459. The number of hydrogen-bond donors (Lipinski definition) is 0. The normalized spacial score (nSPS) is 21.5. The fraction of sp³-hybridized carbons (Fsp3) is 0.435. The molecule has 3 heterocycles. The van der Waals surface area contributed by atoms with E-state index in [2.05, 4.69) is 4.98 Å². The van der Waals surface area contributed by atoms with Crippen molar-refractivity contribution in [2.75, 3.05) is 19.6 Å². The highest BCUT2D eigenvalue weighted by molar-refractivity contribution is 5.87. The molecule has 1 spiro atoms. The van der Waals surface area contributed by atoms with Gasteiger partial charge in [-0.2, -0.15) is 0 Å². The molecule has 2 amide bonds. The van der Waals surface area contributed by atoms with Gasteiger partial charge in [0.1, 0.15) is 0 Å². The van der Waals surface area contributed by atoms with Gasteiger partial charge in [0.15, 0.2) is 11.6 Å². The molecule has 5 nitrogen and oxygen atoms in total. The third-order valence-electron chi connectivity index (χ3n) is 6.20. The van der Waals surface area contributed by atoms with Crippen LogP contribution in [0.1, 0.15) is 36.2 Å². The van der Waals surface area contributed by atoms with Gasteiger partial charge < -0.3 is 9.80 Å². The number of halogens is 2. The Labute approximate surface area is 174 Å². The molecule has 2 aromatic rings. The molecular weight excluding hydrogens is 388 g/mol. The van der Waals surface area contributed by atoms with Crippen LogP contribution in [0.15, 0.2) is 36.4 Å². The fourth-order valence-electron chi connectivity index (χ4n) is 4.61. The first-order valence-corrected chi connectivity index (χ1v) is 10.3. The maximum Gasteiger partial charge on any atom is 0.231 e. The van der Waals surface area contributed by atoms with E-state index < -0.39 is 17.0 Å². The monoisotopic (exact) mass is 413 g/mol. The van der Waals surface area contributed by atoms with Gasteiger partial charge in [-0.1, -0.05) is 18.2 Å². The van der Waals surface area contributed by atoms with Gasteiger partial charge in [0, 0.05) is 30.9 Å². The van der Waals surface area contributed by atoms with Crippen LogP contribution < -0.4 is 0 Å².